The topological polar surface area (TPSA) is 52.1 Å². The highest BCUT2D eigenvalue weighted by Crippen LogP contribution is 2.32. The largest absolute Gasteiger partial charge is 0.505 e. The number of nitrogens with zero attached hydrogens (tertiary/aromatic N) is 4. The summed E-state index contributed by atoms with van der Waals surface area (Å²) in [4.78, 5) is 11.8. The van der Waals surface area contributed by atoms with Gasteiger partial charge in [-0.2, -0.15) is 0 Å². The maximum absolute atomic E-state index is 10.9. The Morgan fingerprint density at radius 1 is 0.963 bits per heavy atom. The Morgan fingerprint density at radius 3 is 2.37 bits per heavy atom. The lowest BCUT2D eigenvalue weighted by Gasteiger charge is -2.34. The highest BCUT2D eigenvalue weighted by atomic mass is 16.5. The van der Waals surface area contributed by atoms with Crippen LogP contribution < -0.4 is 0 Å². The van der Waals surface area contributed by atoms with E-state index in [4.69, 9.17) is 4.74 Å². The first kappa shape index (κ1) is 18.6. The molecule has 0 spiro atoms. The molecule has 2 fully saturated rings. The van der Waals surface area contributed by atoms with E-state index in [-0.39, 0.29) is 0 Å². The van der Waals surface area contributed by atoms with E-state index < -0.39 is 0 Å². The second-order valence-corrected chi connectivity index (χ2v) is 7.54. The van der Waals surface area contributed by atoms with Crippen LogP contribution in [0.1, 0.15) is 18.1 Å². The summed E-state index contributed by atoms with van der Waals surface area (Å²) in [6.07, 6.45) is 1.77. The molecule has 146 valence electrons. The predicted molar refractivity (Wildman–Crippen MR) is 107 cm³/mol. The van der Waals surface area contributed by atoms with Gasteiger partial charge in [0.2, 0.25) is 0 Å². The van der Waals surface area contributed by atoms with Gasteiger partial charge in [-0.1, -0.05) is 13.0 Å². The van der Waals surface area contributed by atoms with E-state index in [2.05, 4.69) is 38.7 Å². The molecule has 6 nitrogen and oxygen atoms in total. The van der Waals surface area contributed by atoms with Crippen LogP contribution in [0.4, 0.5) is 0 Å². The van der Waals surface area contributed by atoms with Crippen molar-refractivity contribution >= 4 is 10.9 Å². The number of benzene rings is 1. The zero-order valence-electron chi connectivity index (χ0n) is 16.2. The zero-order valence-corrected chi connectivity index (χ0v) is 16.2. The molecule has 0 saturated carbocycles. The van der Waals surface area contributed by atoms with E-state index in [1.54, 1.807) is 6.20 Å². The molecule has 3 heterocycles. The van der Waals surface area contributed by atoms with Crippen LogP contribution in [0.2, 0.25) is 0 Å². The van der Waals surface area contributed by atoms with Gasteiger partial charge in [0.15, 0.2) is 0 Å². The fourth-order valence-corrected chi connectivity index (χ4v) is 4.12. The van der Waals surface area contributed by atoms with Gasteiger partial charge in [-0.05, 0) is 24.2 Å². The lowest BCUT2D eigenvalue weighted by Crippen LogP contribution is -2.45. The number of phenols is 1. The van der Waals surface area contributed by atoms with Crippen LogP contribution in [0.15, 0.2) is 24.4 Å². The molecule has 6 heteroatoms. The first-order valence-corrected chi connectivity index (χ1v) is 10.1. The number of piperazine rings is 1. The Labute approximate surface area is 161 Å². The number of morpholine rings is 1. The van der Waals surface area contributed by atoms with Crippen LogP contribution in [0.5, 0.6) is 5.75 Å². The number of likely N-dealkylation sites (N-methyl/N-ethyl adjacent to an activating group) is 1. The molecule has 0 aliphatic carbocycles. The number of phenolic OH excluding ortho intramolecular Hbond substituents is 1. The van der Waals surface area contributed by atoms with Gasteiger partial charge in [-0.25, -0.2) is 0 Å². The van der Waals surface area contributed by atoms with Gasteiger partial charge < -0.3 is 14.7 Å². The van der Waals surface area contributed by atoms with Crippen molar-refractivity contribution in [3.05, 3.63) is 35.5 Å². The summed E-state index contributed by atoms with van der Waals surface area (Å²) in [6.45, 7) is 12.8. The number of aromatic nitrogens is 1. The van der Waals surface area contributed by atoms with Crippen LogP contribution in [-0.4, -0.2) is 83.8 Å². The maximum atomic E-state index is 10.9. The van der Waals surface area contributed by atoms with E-state index in [0.29, 0.717) is 5.75 Å². The molecular weight excluding hydrogens is 340 g/mol. The number of ether oxygens (including phenoxy) is 1. The second-order valence-electron chi connectivity index (χ2n) is 7.54. The number of hydrogen-bond acceptors (Lipinski definition) is 6. The van der Waals surface area contributed by atoms with Crippen molar-refractivity contribution in [3.63, 3.8) is 0 Å². The average Bonchev–Trinajstić information content (AvgIpc) is 2.73. The molecule has 0 radical (unpaired) electrons. The number of fused-ring (bicyclic) bond motifs is 1. The lowest BCUT2D eigenvalue weighted by atomic mass is 10.0. The number of rotatable bonds is 5. The Balaban J connectivity index is 1.59. The molecule has 1 aromatic heterocycles. The van der Waals surface area contributed by atoms with Gasteiger partial charge in [0.05, 0.1) is 13.2 Å². The third-order valence-electron chi connectivity index (χ3n) is 5.83. The fraction of sp³-hybridized carbons (Fsp3) is 0.571. The average molecular weight is 370 g/mol. The van der Waals surface area contributed by atoms with Crippen LogP contribution in [0, 0.1) is 0 Å². The normalized spacial score (nSPS) is 20.3. The summed E-state index contributed by atoms with van der Waals surface area (Å²) in [6, 6.07) is 6.22. The lowest BCUT2D eigenvalue weighted by molar-refractivity contribution is 0.0343. The standard InChI is InChI=1S/C21H30N4O2/c1-2-23-6-8-24(9-7-23)16-18-14-17(15-25-10-12-27-13-11-25)19-4-3-5-22-20(19)21(18)26/h3-5,14,26H,2,6-13,15-16H2,1H3. The molecule has 1 N–H and O–H groups in total. The maximum Gasteiger partial charge on any atom is 0.146 e. The van der Waals surface area contributed by atoms with Crippen molar-refractivity contribution in [2.24, 2.45) is 0 Å². The van der Waals surface area contributed by atoms with Gasteiger partial charge in [0.1, 0.15) is 11.3 Å². The van der Waals surface area contributed by atoms with E-state index in [9.17, 15) is 5.11 Å². The number of pyridine rings is 1. The molecule has 2 aliphatic heterocycles. The van der Waals surface area contributed by atoms with Crippen LogP contribution in [-0.2, 0) is 17.8 Å². The summed E-state index contributed by atoms with van der Waals surface area (Å²) in [7, 11) is 0. The van der Waals surface area contributed by atoms with E-state index in [1.165, 1.54) is 5.56 Å². The Bertz CT molecular complexity index is 768. The van der Waals surface area contributed by atoms with Crippen molar-refractivity contribution < 1.29 is 9.84 Å². The van der Waals surface area contributed by atoms with Gasteiger partial charge in [0, 0.05) is 69.5 Å². The summed E-state index contributed by atoms with van der Waals surface area (Å²) < 4.78 is 5.48. The molecule has 0 amide bonds. The molecule has 4 rings (SSSR count). The van der Waals surface area contributed by atoms with Gasteiger partial charge >= 0.3 is 0 Å². The van der Waals surface area contributed by atoms with Crippen LogP contribution in [0.25, 0.3) is 10.9 Å². The quantitative estimate of drug-likeness (QED) is 0.868. The van der Waals surface area contributed by atoms with E-state index in [0.717, 1.165) is 88.6 Å². The van der Waals surface area contributed by atoms with Crippen molar-refractivity contribution in [1.82, 2.24) is 19.7 Å². The molecule has 2 saturated heterocycles. The zero-order chi connectivity index (χ0) is 18.6. The number of hydrogen-bond donors (Lipinski definition) is 1. The Morgan fingerprint density at radius 2 is 1.63 bits per heavy atom. The molecular formula is C21H30N4O2. The minimum absolute atomic E-state index is 0.342. The Kier molecular flexibility index (Phi) is 5.88. The third kappa shape index (κ3) is 4.24. The minimum Gasteiger partial charge on any atom is -0.505 e. The molecule has 27 heavy (non-hydrogen) atoms. The Hall–Kier alpha value is -1.73. The molecule has 0 unspecified atom stereocenters. The smallest absolute Gasteiger partial charge is 0.146 e. The third-order valence-corrected chi connectivity index (χ3v) is 5.83. The minimum atomic E-state index is 0.342. The van der Waals surface area contributed by atoms with Gasteiger partial charge in [-0.15, -0.1) is 0 Å². The van der Waals surface area contributed by atoms with Crippen LogP contribution >= 0.6 is 0 Å². The predicted octanol–water partition coefficient (Wildman–Crippen LogP) is 1.91. The molecule has 0 bridgehead atoms. The van der Waals surface area contributed by atoms with Crippen molar-refractivity contribution in [3.8, 4) is 5.75 Å². The summed E-state index contributed by atoms with van der Waals surface area (Å²) in [5, 5.41) is 11.9. The monoisotopic (exact) mass is 370 g/mol. The van der Waals surface area contributed by atoms with Crippen LogP contribution in [0.3, 0.4) is 0 Å². The van der Waals surface area contributed by atoms with Crippen molar-refractivity contribution in [2.45, 2.75) is 20.0 Å². The van der Waals surface area contributed by atoms with Gasteiger partial charge in [0.25, 0.3) is 0 Å². The van der Waals surface area contributed by atoms with E-state index in [1.807, 2.05) is 6.07 Å². The molecule has 2 aromatic rings. The number of aromatic hydroxyl groups is 1. The highest BCUT2D eigenvalue weighted by molar-refractivity contribution is 5.88. The summed E-state index contributed by atoms with van der Waals surface area (Å²) in [5.74, 6) is 0.342. The first-order chi connectivity index (χ1) is 13.2. The molecule has 2 aliphatic rings. The van der Waals surface area contributed by atoms with Crippen molar-refractivity contribution in [2.75, 3.05) is 59.0 Å². The molecule has 1 aromatic carbocycles. The molecule has 0 atom stereocenters. The fourth-order valence-electron chi connectivity index (χ4n) is 4.12. The highest BCUT2D eigenvalue weighted by Gasteiger charge is 2.20. The summed E-state index contributed by atoms with van der Waals surface area (Å²) >= 11 is 0. The van der Waals surface area contributed by atoms with E-state index >= 15 is 0 Å². The SMILES string of the molecule is CCN1CCN(Cc2cc(CN3CCOCC3)c3cccnc3c2O)CC1. The van der Waals surface area contributed by atoms with Gasteiger partial charge in [-0.3, -0.25) is 14.8 Å². The second kappa shape index (κ2) is 8.52. The van der Waals surface area contributed by atoms with Crippen molar-refractivity contribution in [1.29, 1.82) is 0 Å². The first-order valence-electron chi connectivity index (χ1n) is 10.1. The summed E-state index contributed by atoms with van der Waals surface area (Å²) in [5.41, 5.74) is 2.97.